The normalized spacial score (nSPS) is 21.7. The maximum atomic E-state index is 5.89. The summed E-state index contributed by atoms with van der Waals surface area (Å²) in [6.07, 6.45) is 4.67. The molecule has 0 aliphatic carbocycles. The lowest BCUT2D eigenvalue weighted by molar-refractivity contribution is 0.190. The standard InChI is InChI=1S/C16H17ClN2O/c1-11-7-13(8-12-5-3-2-4-6-12)9-14-16(20-11)19-15(17)10-18-14/h2-6,10-11,13H,7-9H2,1H3/t11-,13?/m0/s1. The number of aromatic nitrogens is 2. The van der Waals surface area contributed by atoms with Crippen LogP contribution in [-0.2, 0) is 12.8 Å². The molecule has 1 aliphatic rings. The highest BCUT2D eigenvalue weighted by Gasteiger charge is 2.24. The average Bonchev–Trinajstić information content (AvgIpc) is 2.57. The predicted octanol–water partition coefficient (Wildman–Crippen LogP) is 3.70. The summed E-state index contributed by atoms with van der Waals surface area (Å²) in [5.74, 6) is 1.12. The summed E-state index contributed by atoms with van der Waals surface area (Å²) in [4.78, 5) is 8.63. The Kier molecular flexibility index (Phi) is 3.88. The van der Waals surface area contributed by atoms with Gasteiger partial charge in [0, 0.05) is 0 Å². The van der Waals surface area contributed by atoms with E-state index < -0.39 is 0 Å². The molecule has 0 saturated carbocycles. The molecule has 4 heteroatoms. The SMILES string of the molecule is C[C@H]1CC(Cc2ccccc2)Cc2ncc(Cl)nc2O1. The van der Waals surface area contributed by atoms with E-state index in [0.717, 1.165) is 25.0 Å². The van der Waals surface area contributed by atoms with Crippen molar-refractivity contribution in [2.45, 2.75) is 32.3 Å². The average molecular weight is 289 g/mol. The summed E-state index contributed by atoms with van der Waals surface area (Å²) in [6.45, 7) is 2.08. The minimum Gasteiger partial charge on any atom is -0.473 e. The molecule has 1 aromatic carbocycles. The third-order valence-electron chi connectivity index (χ3n) is 3.61. The van der Waals surface area contributed by atoms with Crippen LogP contribution in [0.4, 0.5) is 0 Å². The van der Waals surface area contributed by atoms with Crippen LogP contribution in [0, 0.1) is 5.92 Å². The second-order valence-electron chi connectivity index (χ2n) is 5.37. The second kappa shape index (κ2) is 5.80. The lowest BCUT2D eigenvalue weighted by Crippen LogP contribution is -2.16. The zero-order valence-electron chi connectivity index (χ0n) is 11.4. The van der Waals surface area contributed by atoms with E-state index in [0.29, 0.717) is 17.0 Å². The monoisotopic (exact) mass is 288 g/mol. The number of benzene rings is 1. The Hall–Kier alpha value is -1.61. The molecule has 3 rings (SSSR count). The molecule has 0 saturated heterocycles. The van der Waals surface area contributed by atoms with Crippen molar-refractivity contribution in [2.75, 3.05) is 0 Å². The van der Waals surface area contributed by atoms with Gasteiger partial charge >= 0.3 is 0 Å². The molecule has 1 aromatic heterocycles. The molecule has 1 aliphatic heterocycles. The Morgan fingerprint density at radius 3 is 2.90 bits per heavy atom. The van der Waals surface area contributed by atoms with Gasteiger partial charge in [-0.25, -0.2) is 0 Å². The molecule has 0 radical (unpaired) electrons. The molecule has 3 nitrogen and oxygen atoms in total. The van der Waals surface area contributed by atoms with Gasteiger partial charge in [0.1, 0.15) is 5.69 Å². The highest BCUT2D eigenvalue weighted by Crippen LogP contribution is 2.29. The van der Waals surface area contributed by atoms with Gasteiger partial charge in [0.25, 0.3) is 0 Å². The number of halogens is 1. The molecule has 0 spiro atoms. The van der Waals surface area contributed by atoms with Crippen molar-refractivity contribution in [3.05, 3.63) is 52.9 Å². The number of rotatable bonds is 2. The summed E-state index contributed by atoms with van der Waals surface area (Å²) >= 11 is 5.89. The molecule has 20 heavy (non-hydrogen) atoms. The molecule has 0 amide bonds. The number of hydrogen-bond donors (Lipinski definition) is 0. The van der Waals surface area contributed by atoms with Gasteiger partial charge in [-0.2, -0.15) is 4.98 Å². The number of nitrogens with zero attached hydrogens (tertiary/aromatic N) is 2. The predicted molar refractivity (Wildman–Crippen MR) is 79.1 cm³/mol. The Bertz CT molecular complexity index is 588. The largest absolute Gasteiger partial charge is 0.473 e. The lowest BCUT2D eigenvalue weighted by atomic mass is 9.91. The van der Waals surface area contributed by atoms with E-state index in [4.69, 9.17) is 16.3 Å². The van der Waals surface area contributed by atoms with E-state index in [-0.39, 0.29) is 6.10 Å². The van der Waals surface area contributed by atoms with E-state index in [1.807, 2.05) is 6.07 Å². The van der Waals surface area contributed by atoms with Crippen LogP contribution in [0.3, 0.4) is 0 Å². The molecule has 2 aromatic rings. The van der Waals surface area contributed by atoms with Crippen LogP contribution >= 0.6 is 11.6 Å². The van der Waals surface area contributed by atoms with Crippen molar-refractivity contribution >= 4 is 11.6 Å². The highest BCUT2D eigenvalue weighted by molar-refractivity contribution is 6.29. The topological polar surface area (TPSA) is 35.0 Å². The summed E-state index contributed by atoms with van der Waals surface area (Å²) in [5, 5.41) is 0.387. The fourth-order valence-electron chi connectivity index (χ4n) is 2.78. The second-order valence-corrected chi connectivity index (χ2v) is 5.76. The van der Waals surface area contributed by atoms with Gasteiger partial charge in [0.15, 0.2) is 5.15 Å². The minimum atomic E-state index is 0.137. The smallest absolute Gasteiger partial charge is 0.237 e. The number of ether oxygens (including phenoxy) is 1. The fraction of sp³-hybridized carbons (Fsp3) is 0.375. The first-order chi connectivity index (χ1) is 9.70. The van der Waals surface area contributed by atoms with Crippen molar-refractivity contribution in [1.29, 1.82) is 0 Å². The van der Waals surface area contributed by atoms with E-state index in [9.17, 15) is 0 Å². The maximum Gasteiger partial charge on any atom is 0.237 e. The first-order valence-corrected chi connectivity index (χ1v) is 7.30. The van der Waals surface area contributed by atoms with Crippen molar-refractivity contribution in [1.82, 2.24) is 9.97 Å². The fourth-order valence-corrected chi connectivity index (χ4v) is 2.90. The highest BCUT2D eigenvalue weighted by atomic mass is 35.5. The Balaban J connectivity index is 1.82. The molecule has 2 heterocycles. The summed E-state index contributed by atoms with van der Waals surface area (Å²) in [5.41, 5.74) is 2.27. The molecule has 2 atom stereocenters. The van der Waals surface area contributed by atoms with Gasteiger partial charge in [0.05, 0.1) is 12.3 Å². The van der Waals surface area contributed by atoms with Gasteiger partial charge in [0.2, 0.25) is 5.88 Å². The van der Waals surface area contributed by atoms with Crippen molar-refractivity contribution < 1.29 is 4.74 Å². The summed E-state index contributed by atoms with van der Waals surface area (Å²) in [7, 11) is 0. The Morgan fingerprint density at radius 1 is 1.30 bits per heavy atom. The summed E-state index contributed by atoms with van der Waals surface area (Å²) in [6, 6.07) is 10.6. The van der Waals surface area contributed by atoms with Crippen LogP contribution in [0.25, 0.3) is 0 Å². The zero-order chi connectivity index (χ0) is 13.9. The van der Waals surface area contributed by atoms with Gasteiger partial charge < -0.3 is 4.74 Å². The molecular weight excluding hydrogens is 272 g/mol. The third-order valence-corrected chi connectivity index (χ3v) is 3.79. The number of hydrogen-bond acceptors (Lipinski definition) is 3. The van der Waals surface area contributed by atoms with Crippen molar-refractivity contribution in [3.63, 3.8) is 0 Å². The molecule has 0 bridgehead atoms. The lowest BCUT2D eigenvalue weighted by Gasteiger charge is -2.16. The molecule has 1 unspecified atom stereocenters. The zero-order valence-corrected chi connectivity index (χ0v) is 12.2. The molecule has 0 N–H and O–H groups in total. The number of fused-ring (bicyclic) bond motifs is 1. The molecular formula is C16H17ClN2O. The van der Waals surface area contributed by atoms with Gasteiger partial charge in [-0.1, -0.05) is 41.9 Å². The van der Waals surface area contributed by atoms with Crippen LogP contribution in [0.5, 0.6) is 5.88 Å². The van der Waals surface area contributed by atoms with Gasteiger partial charge in [-0.15, -0.1) is 0 Å². The van der Waals surface area contributed by atoms with E-state index >= 15 is 0 Å². The molecule has 104 valence electrons. The Morgan fingerprint density at radius 2 is 2.10 bits per heavy atom. The summed E-state index contributed by atoms with van der Waals surface area (Å²) < 4.78 is 5.85. The van der Waals surface area contributed by atoms with Crippen LogP contribution in [0.15, 0.2) is 36.5 Å². The quantitative estimate of drug-likeness (QED) is 0.845. The van der Waals surface area contributed by atoms with Crippen LogP contribution < -0.4 is 4.74 Å². The first-order valence-electron chi connectivity index (χ1n) is 6.92. The van der Waals surface area contributed by atoms with E-state index in [1.165, 1.54) is 5.56 Å². The van der Waals surface area contributed by atoms with Gasteiger partial charge in [-0.05, 0) is 37.7 Å². The van der Waals surface area contributed by atoms with Crippen molar-refractivity contribution in [2.24, 2.45) is 5.92 Å². The maximum absolute atomic E-state index is 5.89. The van der Waals surface area contributed by atoms with Crippen LogP contribution in [-0.4, -0.2) is 16.1 Å². The Labute approximate surface area is 124 Å². The van der Waals surface area contributed by atoms with E-state index in [2.05, 4.69) is 41.2 Å². The molecule has 0 fully saturated rings. The third kappa shape index (κ3) is 3.10. The van der Waals surface area contributed by atoms with Crippen LogP contribution in [0.1, 0.15) is 24.6 Å². The van der Waals surface area contributed by atoms with Crippen molar-refractivity contribution in [3.8, 4) is 5.88 Å². The van der Waals surface area contributed by atoms with E-state index in [1.54, 1.807) is 6.20 Å². The minimum absolute atomic E-state index is 0.137. The van der Waals surface area contributed by atoms with Crippen LogP contribution in [0.2, 0.25) is 5.15 Å². The first kappa shape index (κ1) is 13.4. The van der Waals surface area contributed by atoms with Gasteiger partial charge in [-0.3, -0.25) is 4.98 Å².